The van der Waals surface area contributed by atoms with Crippen molar-refractivity contribution in [3.05, 3.63) is 17.8 Å². The summed E-state index contributed by atoms with van der Waals surface area (Å²) >= 11 is 0. The van der Waals surface area contributed by atoms with Crippen LogP contribution in [0.3, 0.4) is 0 Å². The highest BCUT2D eigenvalue weighted by atomic mass is 16.5. The molecule has 4 heteroatoms. The number of anilines is 2. The van der Waals surface area contributed by atoms with Crippen molar-refractivity contribution in [3.63, 3.8) is 0 Å². The van der Waals surface area contributed by atoms with Crippen LogP contribution in [0.15, 0.2) is 12.3 Å². The van der Waals surface area contributed by atoms with Gasteiger partial charge in [0, 0.05) is 31.0 Å². The molecule has 0 saturated heterocycles. The van der Waals surface area contributed by atoms with Gasteiger partial charge in [0.05, 0.1) is 6.61 Å². The summed E-state index contributed by atoms with van der Waals surface area (Å²) in [6, 6.07) is 1.74. The minimum Gasteiger partial charge on any atom is -0.398 e. The highest BCUT2D eigenvalue weighted by molar-refractivity contribution is 5.56. The summed E-state index contributed by atoms with van der Waals surface area (Å²) in [6.45, 7) is 0.611. The molecule has 1 aromatic rings. The molecule has 0 aromatic carbocycles. The summed E-state index contributed by atoms with van der Waals surface area (Å²) in [5.74, 6) is 0.493. The number of aromatic nitrogens is 1. The largest absolute Gasteiger partial charge is 0.398 e. The molecule has 0 saturated carbocycles. The molecule has 0 aliphatic carbocycles. The molecule has 0 bridgehead atoms. The molecule has 0 amide bonds. The minimum atomic E-state index is 0.493. The first kappa shape index (κ1) is 8.80. The van der Waals surface area contributed by atoms with Crippen molar-refractivity contribution >= 4 is 11.5 Å². The Morgan fingerprint density at radius 3 is 2.83 bits per heavy atom. The number of hydrogen-bond acceptors (Lipinski definition) is 4. The Bertz CT molecular complexity index is 242. The smallest absolute Gasteiger partial charge is 0.128 e. The lowest BCUT2D eigenvalue weighted by atomic mass is 10.1. The molecule has 0 aliphatic rings. The predicted octanol–water partition coefficient (Wildman–Crippen LogP) is 0.435. The van der Waals surface area contributed by atoms with Crippen LogP contribution in [-0.4, -0.2) is 18.7 Å². The Morgan fingerprint density at radius 2 is 2.25 bits per heavy atom. The van der Waals surface area contributed by atoms with E-state index >= 15 is 0 Å². The summed E-state index contributed by atoms with van der Waals surface area (Å²) in [7, 11) is 1.64. The van der Waals surface area contributed by atoms with Gasteiger partial charge in [-0.15, -0.1) is 0 Å². The van der Waals surface area contributed by atoms with Crippen molar-refractivity contribution in [1.82, 2.24) is 4.98 Å². The fourth-order valence-corrected chi connectivity index (χ4v) is 1.00. The van der Waals surface area contributed by atoms with Crippen molar-refractivity contribution in [2.45, 2.75) is 6.42 Å². The molecule has 66 valence electrons. The molecule has 1 rings (SSSR count). The maximum atomic E-state index is 5.69. The van der Waals surface area contributed by atoms with Gasteiger partial charge in [0.25, 0.3) is 0 Å². The van der Waals surface area contributed by atoms with Crippen molar-refractivity contribution in [2.75, 3.05) is 25.2 Å². The summed E-state index contributed by atoms with van der Waals surface area (Å²) < 4.78 is 4.92. The van der Waals surface area contributed by atoms with Crippen LogP contribution in [0, 0.1) is 0 Å². The molecule has 0 fully saturated rings. The maximum Gasteiger partial charge on any atom is 0.128 e. The normalized spacial score (nSPS) is 10.1. The fraction of sp³-hybridized carbons (Fsp3) is 0.375. The first-order valence-electron chi connectivity index (χ1n) is 3.73. The first-order valence-corrected chi connectivity index (χ1v) is 3.73. The molecule has 0 aliphatic heterocycles. The van der Waals surface area contributed by atoms with Crippen LogP contribution >= 0.6 is 0 Å². The Morgan fingerprint density at radius 1 is 1.50 bits per heavy atom. The van der Waals surface area contributed by atoms with E-state index in [-0.39, 0.29) is 0 Å². The molecule has 4 nitrogen and oxygen atoms in total. The van der Waals surface area contributed by atoms with E-state index in [0.29, 0.717) is 24.5 Å². The number of methoxy groups -OCH3 is 1. The van der Waals surface area contributed by atoms with E-state index in [2.05, 4.69) is 4.98 Å². The lowest BCUT2D eigenvalue weighted by Crippen LogP contribution is -2.05. The minimum absolute atomic E-state index is 0.493. The van der Waals surface area contributed by atoms with Crippen LogP contribution in [0.1, 0.15) is 5.56 Å². The molecular weight excluding hydrogens is 154 g/mol. The van der Waals surface area contributed by atoms with Crippen molar-refractivity contribution in [2.24, 2.45) is 0 Å². The third-order valence-electron chi connectivity index (χ3n) is 1.68. The second-order valence-corrected chi connectivity index (χ2v) is 2.51. The van der Waals surface area contributed by atoms with Crippen LogP contribution in [-0.2, 0) is 11.2 Å². The van der Waals surface area contributed by atoms with E-state index < -0.39 is 0 Å². The molecule has 0 atom stereocenters. The lowest BCUT2D eigenvalue weighted by molar-refractivity contribution is 0.202. The second-order valence-electron chi connectivity index (χ2n) is 2.51. The SMILES string of the molecule is COCCc1c(N)ccnc1N. The third-order valence-corrected chi connectivity index (χ3v) is 1.68. The summed E-state index contributed by atoms with van der Waals surface area (Å²) in [6.07, 6.45) is 2.31. The van der Waals surface area contributed by atoms with Crippen LogP contribution in [0.2, 0.25) is 0 Å². The van der Waals surface area contributed by atoms with Crippen LogP contribution in [0.4, 0.5) is 11.5 Å². The van der Waals surface area contributed by atoms with Gasteiger partial charge >= 0.3 is 0 Å². The van der Waals surface area contributed by atoms with Gasteiger partial charge in [-0.3, -0.25) is 0 Å². The van der Waals surface area contributed by atoms with Gasteiger partial charge in [0.1, 0.15) is 5.82 Å². The molecule has 4 N–H and O–H groups in total. The zero-order valence-corrected chi connectivity index (χ0v) is 7.08. The van der Waals surface area contributed by atoms with Gasteiger partial charge < -0.3 is 16.2 Å². The topological polar surface area (TPSA) is 74.2 Å². The number of nitrogens with zero attached hydrogens (tertiary/aromatic N) is 1. The number of ether oxygens (including phenoxy) is 1. The van der Waals surface area contributed by atoms with Gasteiger partial charge in [-0.2, -0.15) is 0 Å². The quantitative estimate of drug-likeness (QED) is 0.684. The molecule has 1 aromatic heterocycles. The van der Waals surface area contributed by atoms with Crippen LogP contribution in [0.5, 0.6) is 0 Å². The van der Waals surface area contributed by atoms with E-state index in [9.17, 15) is 0 Å². The lowest BCUT2D eigenvalue weighted by Gasteiger charge is -2.06. The van der Waals surface area contributed by atoms with E-state index in [0.717, 1.165) is 5.56 Å². The van der Waals surface area contributed by atoms with Crippen LogP contribution < -0.4 is 11.5 Å². The molecular formula is C8H13N3O. The number of pyridine rings is 1. The predicted molar refractivity (Wildman–Crippen MR) is 48.6 cm³/mol. The zero-order valence-electron chi connectivity index (χ0n) is 7.08. The van der Waals surface area contributed by atoms with Gasteiger partial charge in [0.2, 0.25) is 0 Å². The molecule has 0 spiro atoms. The average molecular weight is 167 g/mol. The zero-order chi connectivity index (χ0) is 8.97. The number of rotatable bonds is 3. The van der Waals surface area contributed by atoms with Gasteiger partial charge in [0.15, 0.2) is 0 Å². The Balaban J connectivity index is 2.81. The van der Waals surface area contributed by atoms with Gasteiger partial charge in [-0.05, 0) is 6.07 Å². The maximum absolute atomic E-state index is 5.69. The monoisotopic (exact) mass is 167 g/mol. The van der Waals surface area contributed by atoms with E-state index in [1.165, 1.54) is 0 Å². The highest BCUT2D eigenvalue weighted by Crippen LogP contribution is 2.16. The van der Waals surface area contributed by atoms with Crippen molar-refractivity contribution in [3.8, 4) is 0 Å². The van der Waals surface area contributed by atoms with Crippen molar-refractivity contribution < 1.29 is 4.74 Å². The standard InChI is InChI=1S/C8H13N3O/c1-12-5-3-6-7(9)2-4-11-8(6)10/h2,4H,3,5H2,1H3,(H4,9,10,11). The third kappa shape index (κ3) is 1.85. The molecule has 1 heterocycles. The molecule has 12 heavy (non-hydrogen) atoms. The number of hydrogen-bond donors (Lipinski definition) is 2. The van der Waals surface area contributed by atoms with E-state index in [1.807, 2.05) is 0 Å². The van der Waals surface area contributed by atoms with Gasteiger partial charge in [-0.25, -0.2) is 4.98 Å². The van der Waals surface area contributed by atoms with Crippen molar-refractivity contribution in [1.29, 1.82) is 0 Å². The summed E-state index contributed by atoms with van der Waals surface area (Å²) in [5, 5.41) is 0. The Hall–Kier alpha value is -1.29. The van der Waals surface area contributed by atoms with Gasteiger partial charge in [-0.1, -0.05) is 0 Å². The van der Waals surface area contributed by atoms with Crippen LogP contribution in [0.25, 0.3) is 0 Å². The molecule has 0 radical (unpaired) electrons. The number of nitrogen functional groups attached to an aromatic ring is 2. The van der Waals surface area contributed by atoms with E-state index in [4.69, 9.17) is 16.2 Å². The first-order chi connectivity index (χ1) is 5.75. The number of nitrogens with two attached hydrogens (primary N) is 2. The van der Waals surface area contributed by atoms with E-state index in [1.54, 1.807) is 19.4 Å². The fourth-order valence-electron chi connectivity index (χ4n) is 1.00. The second kappa shape index (κ2) is 3.92. The highest BCUT2D eigenvalue weighted by Gasteiger charge is 2.03. The Kier molecular flexibility index (Phi) is 2.88. The average Bonchev–Trinajstić information content (AvgIpc) is 2.04. The summed E-state index contributed by atoms with van der Waals surface area (Å²) in [5.41, 5.74) is 12.9. The summed E-state index contributed by atoms with van der Waals surface area (Å²) in [4.78, 5) is 3.94. The molecule has 0 unspecified atom stereocenters. The Labute approximate surface area is 71.5 Å².